The maximum atomic E-state index is 12.8. The number of aliphatic hydroxyl groups is 1. The zero-order chi connectivity index (χ0) is 15.3. The van der Waals surface area contributed by atoms with E-state index < -0.39 is 35.6 Å². The smallest absolute Gasteiger partial charge is 0.433 e. The average Bonchev–Trinajstić information content (AvgIpc) is 2.21. The quantitative estimate of drug-likeness (QED) is 0.450. The summed E-state index contributed by atoms with van der Waals surface area (Å²) in [5.74, 6) is -1.21. The molecule has 0 atom stereocenters. The molecule has 8 heteroatoms. The first-order valence-corrected chi connectivity index (χ1v) is 5.46. The Hall–Kier alpha value is -1.57. The van der Waals surface area contributed by atoms with Crippen molar-refractivity contribution in [1.29, 1.82) is 0 Å². The van der Waals surface area contributed by atoms with Gasteiger partial charge in [-0.1, -0.05) is 0 Å². The Balaban J connectivity index is 5.43. The van der Waals surface area contributed by atoms with Gasteiger partial charge in [0.1, 0.15) is 5.57 Å². The predicted molar refractivity (Wildman–Crippen MR) is 63.6 cm³/mol. The van der Waals surface area contributed by atoms with Crippen LogP contribution in [0.25, 0.3) is 0 Å². The van der Waals surface area contributed by atoms with Crippen molar-refractivity contribution >= 4 is 11.7 Å². The molecule has 0 spiro atoms. The molecule has 3 N–H and O–H groups in total. The van der Waals surface area contributed by atoms with E-state index in [0.717, 1.165) is 0 Å². The van der Waals surface area contributed by atoms with Crippen LogP contribution in [0.4, 0.5) is 13.2 Å². The molecule has 0 radical (unpaired) electrons. The van der Waals surface area contributed by atoms with Crippen molar-refractivity contribution in [3.05, 3.63) is 11.8 Å². The monoisotopic (exact) mass is 282 g/mol. The summed E-state index contributed by atoms with van der Waals surface area (Å²) in [6.45, 7) is 3.42. The molecule has 5 nitrogen and oxygen atoms in total. The van der Waals surface area contributed by atoms with E-state index in [1.54, 1.807) is 0 Å². The average molecular weight is 282 g/mol. The van der Waals surface area contributed by atoms with Crippen LogP contribution < -0.4 is 5.73 Å². The van der Waals surface area contributed by atoms with E-state index in [4.69, 9.17) is 5.73 Å². The van der Waals surface area contributed by atoms with Gasteiger partial charge in [-0.3, -0.25) is 4.99 Å². The Bertz CT molecular complexity index is 382. The normalized spacial score (nSPS) is 14.5. The fourth-order valence-electron chi connectivity index (χ4n) is 1.05. The van der Waals surface area contributed by atoms with Crippen LogP contribution in [0.1, 0.15) is 20.8 Å². The van der Waals surface area contributed by atoms with Gasteiger partial charge in [-0.15, -0.1) is 0 Å². The van der Waals surface area contributed by atoms with Crippen molar-refractivity contribution < 1.29 is 27.8 Å². The van der Waals surface area contributed by atoms with E-state index in [2.05, 4.69) is 9.73 Å². The molecule has 0 aliphatic heterocycles. The zero-order valence-electron chi connectivity index (χ0n) is 10.9. The number of ether oxygens (including phenoxy) is 1. The number of hydrogen-bond acceptors (Lipinski definition) is 5. The molecule has 0 unspecified atom stereocenters. The Labute approximate surface area is 109 Å². The van der Waals surface area contributed by atoms with Gasteiger partial charge in [-0.05, 0) is 20.8 Å². The van der Waals surface area contributed by atoms with Crippen molar-refractivity contribution in [2.45, 2.75) is 32.5 Å². The molecular formula is C11H17F3N2O3. The Morgan fingerprint density at radius 1 is 1.42 bits per heavy atom. The first kappa shape index (κ1) is 17.4. The summed E-state index contributed by atoms with van der Waals surface area (Å²) in [6, 6.07) is 0. The van der Waals surface area contributed by atoms with Crippen molar-refractivity contribution in [1.82, 2.24) is 0 Å². The number of aliphatic imine (C=N–C) groups is 1. The molecule has 0 aliphatic carbocycles. The van der Waals surface area contributed by atoms with Crippen LogP contribution in [0.2, 0.25) is 0 Å². The Morgan fingerprint density at radius 2 is 1.95 bits per heavy atom. The molecule has 0 bridgehead atoms. The third kappa shape index (κ3) is 6.23. The first-order chi connectivity index (χ1) is 8.53. The summed E-state index contributed by atoms with van der Waals surface area (Å²) in [5.41, 5.74) is 1.26. The standard InChI is InChI=1S/C11H17F3N2O3/c1-4-19-9(17)7(5-15)8(11(12,13)14)16-6-10(2,3)18/h5,18H,4,6,15H2,1-3H3. The van der Waals surface area contributed by atoms with Crippen molar-refractivity contribution in [2.75, 3.05) is 13.2 Å². The van der Waals surface area contributed by atoms with Gasteiger partial charge in [0.25, 0.3) is 0 Å². The molecule has 0 aromatic heterocycles. The number of hydrogen-bond donors (Lipinski definition) is 2. The van der Waals surface area contributed by atoms with E-state index in [9.17, 15) is 23.1 Å². The van der Waals surface area contributed by atoms with Crippen LogP contribution in [0.3, 0.4) is 0 Å². The van der Waals surface area contributed by atoms with Gasteiger partial charge in [0.2, 0.25) is 0 Å². The van der Waals surface area contributed by atoms with Gasteiger partial charge in [0.05, 0.1) is 18.8 Å². The highest BCUT2D eigenvalue weighted by atomic mass is 19.4. The lowest BCUT2D eigenvalue weighted by Crippen LogP contribution is -2.33. The molecule has 0 heterocycles. The molecule has 0 aromatic carbocycles. The second-order valence-corrected chi connectivity index (χ2v) is 4.28. The lowest BCUT2D eigenvalue weighted by molar-refractivity contribution is -0.138. The van der Waals surface area contributed by atoms with Crippen LogP contribution in [-0.2, 0) is 9.53 Å². The predicted octanol–water partition coefficient (Wildman–Crippen LogP) is 1.17. The maximum absolute atomic E-state index is 12.8. The number of carbonyl (C=O) groups is 1. The number of nitrogens with two attached hydrogens (primary N) is 1. The minimum atomic E-state index is -4.87. The van der Waals surface area contributed by atoms with Gasteiger partial charge >= 0.3 is 12.1 Å². The van der Waals surface area contributed by atoms with E-state index in [0.29, 0.717) is 6.20 Å². The third-order valence-corrected chi connectivity index (χ3v) is 1.81. The highest BCUT2D eigenvalue weighted by Crippen LogP contribution is 2.23. The summed E-state index contributed by atoms with van der Waals surface area (Å²) in [4.78, 5) is 14.6. The van der Waals surface area contributed by atoms with Crippen LogP contribution in [0.15, 0.2) is 16.8 Å². The van der Waals surface area contributed by atoms with Gasteiger partial charge in [0, 0.05) is 6.20 Å². The second kappa shape index (κ2) is 6.55. The summed E-state index contributed by atoms with van der Waals surface area (Å²) in [7, 11) is 0. The Kier molecular flexibility index (Phi) is 6.01. The minimum absolute atomic E-state index is 0.0905. The first-order valence-electron chi connectivity index (χ1n) is 5.46. The maximum Gasteiger partial charge on any atom is 0.433 e. The highest BCUT2D eigenvalue weighted by Gasteiger charge is 2.41. The number of esters is 1. The molecule has 19 heavy (non-hydrogen) atoms. The number of rotatable bonds is 5. The molecule has 0 amide bonds. The molecule has 0 aliphatic rings. The summed E-state index contributed by atoms with van der Waals surface area (Å²) >= 11 is 0. The van der Waals surface area contributed by atoms with Crippen LogP contribution >= 0.6 is 0 Å². The SMILES string of the molecule is CCOC(=O)C(=CN)C(=NCC(C)(C)O)C(F)(F)F. The minimum Gasteiger partial charge on any atom is -0.462 e. The number of alkyl halides is 3. The molecule has 0 rings (SSSR count). The van der Waals surface area contributed by atoms with Gasteiger partial charge in [-0.2, -0.15) is 13.2 Å². The zero-order valence-corrected chi connectivity index (χ0v) is 10.9. The van der Waals surface area contributed by atoms with E-state index in [1.807, 2.05) is 0 Å². The molecule has 0 fully saturated rings. The van der Waals surface area contributed by atoms with Crippen LogP contribution in [0.5, 0.6) is 0 Å². The largest absolute Gasteiger partial charge is 0.462 e. The molecule has 110 valence electrons. The molecule has 0 saturated carbocycles. The van der Waals surface area contributed by atoms with Crippen molar-refractivity contribution in [2.24, 2.45) is 10.7 Å². The van der Waals surface area contributed by atoms with Crippen LogP contribution in [0, 0.1) is 0 Å². The molecular weight excluding hydrogens is 265 g/mol. The fraction of sp³-hybridized carbons (Fsp3) is 0.636. The van der Waals surface area contributed by atoms with Crippen molar-refractivity contribution in [3.8, 4) is 0 Å². The summed E-state index contributed by atoms with van der Waals surface area (Å²) < 4.78 is 42.9. The lowest BCUT2D eigenvalue weighted by Gasteiger charge is -2.17. The third-order valence-electron chi connectivity index (χ3n) is 1.81. The van der Waals surface area contributed by atoms with E-state index in [-0.39, 0.29) is 6.61 Å². The van der Waals surface area contributed by atoms with Crippen molar-refractivity contribution in [3.63, 3.8) is 0 Å². The Morgan fingerprint density at radius 3 is 2.26 bits per heavy atom. The number of nitrogens with zero attached hydrogens (tertiary/aromatic N) is 1. The molecule has 0 aromatic rings. The van der Waals surface area contributed by atoms with Crippen LogP contribution in [-0.4, -0.2) is 41.7 Å². The van der Waals surface area contributed by atoms with Gasteiger partial charge < -0.3 is 15.6 Å². The van der Waals surface area contributed by atoms with Gasteiger partial charge in [0.15, 0.2) is 5.71 Å². The lowest BCUT2D eigenvalue weighted by atomic mass is 10.1. The highest BCUT2D eigenvalue weighted by molar-refractivity contribution is 6.21. The molecule has 0 saturated heterocycles. The summed E-state index contributed by atoms with van der Waals surface area (Å²) in [6.07, 6.45) is -4.38. The number of carbonyl (C=O) groups excluding carboxylic acids is 1. The van der Waals surface area contributed by atoms with Gasteiger partial charge in [-0.25, -0.2) is 4.79 Å². The van der Waals surface area contributed by atoms with E-state index in [1.165, 1.54) is 20.8 Å². The second-order valence-electron chi connectivity index (χ2n) is 4.28. The van der Waals surface area contributed by atoms with E-state index >= 15 is 0 Å². The number of halogens is 3. The fourth-order valence-corrected chi connectivity index (χ4v) is 1.05. The topological polar surface area (TPSA) is 84.9 Å². The summed E-state index contributed by atoms with van der Waals surface area (Å²) in [5, 5.41) is 9.39.